The third-order valence-corrected chi connectivity index (χ3v) is 6.69. The first-order chi connectivity index (χ1) is 17.5. The summed E-state index contributed by atoms with van der Waals surface area (Å²) in [6.45, 7) is 10.1. The maximum absolute atomic E-state index is 13.5. The van der Waals surface area contributed by atoms with Gasteiger partial charge in [0.05, 0.1) is 35.9 Å². The van der Waals surface area contributed by atoms with Gasteiger partial charge in [-0.3, -0.25) is 14.5 Å². The number of benzene rings is 3. The minimum Gasteiger partial charge on any atom is -0.507 e. The van der Waals surface area contributed by atoms with Crippen LogP contribution >= 0.6 is 0 Å². The van der Waals surface area contributed by atoms with Crippen molar-refractivity contribution in [2.75, 3.05) is 12.0 Å². The van der Waals surface area contributed by atoms with Crippen LogP contribution < -0.4 is 9.64 Å². The third-order valence-electron chi connectivity index (χ3n) is 6.69. The van der Waals surface area contributed by atoms with E-state index in [0.717, 1.165) is 16.7 Å². The van der Waals surface area contributed by atoms with Crippen LogP contribution in [0.2, 0.25) is 0 Å². The number of rotatable bonds is 4. The van der Waals surface area contributed by atoms with E-state index in [2.05, 4.69) is 26.8 Å². The molecule has 1 atom stereocenters. The fraction of sp³-hybridized carbons (Fsp3) is 0.258. The molecule has 3 aromatic carbocycles. The number of aliphatic hydroxyl groups is 1. The molecule has 1 amide bonds. The van der Waals surface area contributed by atoms with Crippen LogP contribution in [0.5, 0.6) is 5.75 Å². The normalized spacial score (nSPS) is 17.1. The van der Waals surface area contributed by atoms with E-state index >= 15 is 0 Å². The molecule has 0 aromatic heterocycles. The lowest BCUT2D eigenvalue weighted by Gasteiger charge is -2.27. The van der Waals surface area contributed by atoms with E-state index in [1.807, 2.05) is 44.2 Å². The second-order valence-corrected chi connectivity index (χ2v) is 10.4. The molecule has 37 heavy (non-hydrogen) atoms. The second-order valence-electron chi connectivity index (χ2n) is 10.4. The summed E-state index contributed by atoms with van der Waals surface area (Å²) >= 11 is 0. The molecule has 1 saturated heterocycles. The predicted octanol–water partition coefficient (Wildman–Crippen LogP) is 6.11. The molecule has 0 aliphatic carbocycles. The quantitative estimate of drug-likeness (QED) is 0.269. The van der Waals surface area contributed by atoms with Gasteiger partial charge in [-0.1, -0.05) is 51.1 Å². The monoisotopic (exact) mass is 494 g/mol. The molecule has 3 aromatic rings. The summed E-state index contributed by atoms with van der Waals surface area (Å²) in [7, 11) is 1.51. The number of amides is 1. The number of anilines is 1. The van der Waals surface area contributed by atoms with E-state index in [0.29, 0.717) is 28.1 Å². The molecule has 0 spiro atoms. The summed E-state index contributed by atoms with van der Waals surface area (Å²) in [5.41, 5.74) is 4.62. The SMILES string of the molecule is COc1c(C)cc(C)cc1/C(O)=C1\C(=O)C(=O)N(c2ccc(C#N)cc2)C1c1ccc(C(C)(C)C)cc1. The lowest BCUT2D eigenvalue weighted by atomic mass is 9.85. The van der Waals surface area contributed by atoms with Gasteiger partial charge in [0.1, 0.15) is 11.5 Å². The smallest absolute Gasteiger partial charge is 0.300 e. The van der Waals surface area contributed by atoms with Gasteiger partial charge < -0.3 is 9.84 Å². The second kappa shape index (κ2) is 9.59. The first-order valence-corrected chi connectivity index (χ1v) is 12.0. The predicted molar refractivity (Wildman–Crippen MR) is 144 cm³/mol. The molecule has 1 N–H and O–H groups in total. The molecule has 0 saturated carbocycles. The van der Waals surface area contributed by atoms with E-state index in [-0.39, 0.29) is 16.7 Å². The lowest BCUT2D eigenvalue weighted by molar-refractivity contribution is -0.132. The zero-order valence-corrected chi connectivity index (χ0v) is 21.9. The van der Waals surface area contributed by atoms with Crippen LogP contribution in [0, 0.1) is 25.2 Å². The Hall–Kier alpha value is -4.37. The third kappa shape index (κ3) is 4.61. The Balaban J connectivity index is 1.98. The van der Waals surface area contributed by atoms with Crippen molar-refractivity contribution in [1.29, 1.82) is 5.26 Å². The molecule has 4 rings (SSSR count). The van der Waals surface area contributed by atoms with Gasteiger partial charge in [-0.25, -0.2) is 0 Å². The van der Waals surface area contributed by atoms with Crippen LogP contribution in [-0.2, 0) is 15.0 Å². The molecule has 1 unspecified atom stereocenters. The van der Waals surface area contributed by atoms with E-state index in [1.165, 1.54) is 12.0 Å². The molecule has 1 heterocycles. The Morgan fingerprint density at radius 2 is 1.62 bits per heavy atom. The topological polar surface area (TPSA) is 90.6 Å². The van der Waals surface area contributed by atoms with E-state index in [9.17, 15) is 20.0 Å². The number of aliphatic hydroxyl groups excluding tert-OH is 1. The lowest BCUT2D eigenvalue weighted by Crippen LogP contribution is -2.29. The van der Waals surface area contributed by atoms with Crippen molar-refractivity contribution >= 4 is 23.1 Å². The minimum atomic E-state index is -0.868. The van der Waals surface area contributed by atoms with Crippen LogP contribution in [0.4, 0.5) is 5.69 Å². The van der Waals surface area contributed by atoms with Gasteiger partial charge >= 0.3 is 0 Å². The molecule has 0 radical (unpaired) electrons. The van der Waals surface area contributed by atoms with Gasteiger partial charge in [0, 0.05) is 5.69 Å². The van der Waals surface area contributed by atoms with Gasteiger partial charge in [0.25, 0.3) is 11.7 Å². The number of methoxy groups -OCH3 is 1. The average molecular weight is 495 g/mol. The highest BCUT2D eigenvalue weighted by molar-refractivity contribution is 6.51. The maximum atomic E-state index is 13.5. The van der Waals surface area contributed by atoms with Crippen LogP contribution in [0.3, 0.4) is 0 Å². The minimum absolute atomic E-state index is 0.0128. The van der Waals surface area contributed by atoms with Crippen LogP contribution in [0.1, 0.15) is 60.2 Å². The summed E-state index contributed by atoms with van der Waals surface area (Å²) in [6, 6.07) is 19.1. The van der Waals surface area contributed by atoms with Crippen LogP contribution in [-0.4, -0.2) is 23.9 Å². The molecule has 188 valence electrons. The highest BCUT2D eigenvalue weighted by atomic mass is 16.5. The van der Waals surface area contributed by atoms with Crippen LogP contribution in [0.25, 0.3) is 5.76 Å². The molecule has 1 aliphatic heterocycles. The largest absolute Gasteiger partial charge is 0.507 e. The molecular formula is C31H30N2O4. The van der Waals surface area contributed by atoms with Crippen molar-refractivity contribution in [3.8, 4) is 11.8 Å². The summed E-state index contributed by atoms with van der Waals surface area (Å²) in [5.74, 6) is -1.38. The standard InChI is InChI=1S/C31H30N2O4/c1-18-15-19(2)29(37-6)24(16-18)27(34)25-26(21-9-11-22(12-10-21)31(3,4)5)33(30(36)28(25)35)23-13-7-20(17-32)8-14-23/h7-16,26,34H,1-6H3/b27-25+. The van der Waals surface area contributed by atoms with Gasteiger partial charge in [-0.15, -0.1) is 0 Å². The van der Waals surface area contributed by atoms with Gasteiger partial charge in [-0.05, 0) is 71.8 Å². The van der Waals surface area contributed by atoms with E-state index < -0.39 is 17.7 Å². The maximum Gasteiger partial charge on any atom is 0.300 e. The highest BCUT2D eigenvalue weighted by Gasteiger charge is 2.47. The molecular weight excluding hydrogens is 464 g/mol. The number of carbonyl (C=O) groups is 2. The summed E-state index contributed by atoms with van der Waals surface area (Å²) in [5, 5.41) is 20.8. The number of Topliss-reactive ketones (excluding diaryl/α,β-unsaturated/α-hetero) is 1. The Bertz CT molecular complexity index is 1450. The number of ether oxygens (including phenoxy) is 1. The molecule has 6 heteroatoms. The van der Waals surface area contributed by atoms with Crippen molar-refractivity contribution < 1.29 is 19.4 Å². The summed E-state index contributed by atoms with van der Waals surface area (Å²) < 4.78 is 5.57. The number of ketones is 1. The first-order valence-electron chi connectivity index (χ1n) is 12.0. The van der Waals surface area contributed by atoms with Crippen molar-refractivity contribution in [2.45, 2.75) is 46.1 Å². The van der Waals surface area contributed by atoms with Crippen molar-refractivity contribution in [2.24, 2.45) is 0 Å². The van der Waals surface area contributed by atoms with E-state index in [4.69, 9.17) is 4.74 Å². The van der Waals surface area contributed by atoms with Crippen molar-refractivity contribution in [3.05, 3.63) is 99.6 Å². The first kappa shape index (κ1) is 25.7. The summed E-state index contributed by atoms with van der Waals surface area (Å²) in [6.07, 6.45) is 0. The Kier molecular flexibility index (Phi) is 6.66. The van der Waals surface area contributed by atoms with Crippen molar-refractivity contribution in [1.82, 2.24) is 0 Å². The van der Waals surface area contributed by atoms with Gasteiger partial charge in [0.15, 0.2) is 0 Å². The van der Waals surface area contributed by atoms with Crippen molar-refractivity contribution in [3.63, 3.8) is 0 Å². The van der Waals surface area contributed by atoms with Gasteiger partial charge in [0.2, 0.25) is 0 Å². The number of hydrogen-bond donors (Lipinski definition) is 1. The molecule has 1 aliphatic rings. The molecule has 6 nitrogen and oxygen atoms in total. The fourth-order valence-corrected chi connectivity index (χ4v) is 4.82. The number of nitriles is 1. The Morgan fingerprint density at radius 1 is 1.00 bits per heavy atom. The van der Waals surface area contributed by atoms with Crippen LogP contribution in [0.15, 0.2) is 66.2 Å². The zero-order chi connectivity index (χ0) is 27.1. The number of nitrogens with zero attached hydrogens (tertiary/aromatic N) is 2. The van der Waals surface area contributed by atoms with E-state index in [1.54, 1.807) is 30.3 Å². The Labute approximate surface area is 217 Å². The Morgan fingerprint density at radius 3 is 2.16 bits per heavy atom. The van der Waals surface area contributed by atoms with Gasteiger partial charge in [-0.2, -0.15) is 5.26 Å². The number of carbonyl (C=O) groups excluding carboxylic acids is 2. The number of hydrogen-bond acceptors (Lipinski definition) is 5. The summed E-state index contributed by atoms with van der Waals surface area (Å²) in [4.78, 5) is 28.3. The highest BCUT2D eigenvalue weighted by Crippen LogP contribution is 2.44. The zero-order valence-electron chi connectivity index (χ0n) is 21.9. The average Bonchev–Trinajstić information content (AvgIpc) is 3.13. The molecule has 1 fully saturated rings. The fourth-order valence-electron chi connectivity index (χ4n) is 4.82. The number of aryl methyl sites for hydroxylation is 2. The molecule has 0 bridgehead atoms.